The molecule has 0 bridgehead atoms. The Morgan fingerprint density at radius 3 is 2.82 bits per heavy atom. The normalized spacial score (nSPS) is 23.9. The molecule has 0 spiro atoms. The van der Waals surface area contributed by atoms with Gasteiger partial charge in [-0.1, -0.05) is 22.0 Å². The van der Waals surface area contributed by atoms with Gasteiger partial charge in [0.15, 0.2) is 0 Å². The van der Waals surface area contributed by atoms with E-state index in [-0.39, 0.29) is 11.9 Å². The fraction of sp³-hybridized carbons (Fsp3) is 0.462. The van der Waals surface area contributed by atoms with E-state index in [2.05, 4.69) is 15.9 Å². The van der Waals surface area contributed by atoms with Crippen molar-refractivity contribution < 1.29 is 4.79 Å². The molecule has 3 nitrogen and oxygen atoms in total. The van der Waals surface area contributed by atoms with Gasteiger partial charge in [0.2, 0.25) is 5.91 Å². The molecule has 1 saturated heterocycles. The second kappa shape index (κ2) is 4.42. The van der Waals surface area contributed by atoms with Gasteiger partial charge in [0, 0.05) is 22.7 Å². The molecule has 1 amide bonds. The molecule has 1 atom stereocenters. The standard InChI is InChI=1S/C13H17BrN2O/c1-13(2)11(15)6-7-16(12(13)17)10-5-3-4-9(14)8-10/h3-5,8,11H,6-7,15H2,1-2H3. The number of nitrogens with zero attached hydrogens (tertiary/aromatic N) is 1. The molecule has 17 heavy (non-hydrogen) atoms. The average molecular weight is 297 g/mol. The molecule has 4 heteroatoms. The fourth-order valence-corrected chi connectivity index (χ4v) is 2.51. The lowest BCUT2D eigenvalue weighted by Gasteiger charge is -2.41. The molecular weight excluding hydrogens is 280 g/mol. The first kappa shape index (κ1) is 12.6. The summed E-state index contributed by atoms with van der Waals surface area (Å²) >= 11 is 3.43. The number of rotatable bonds is 1. The monoisotopic (exact) mass is 296 g/mol. The van der Waals surface area contributed by atoms with Crippen LogP contribution < -0.4 is 10.6 Å². The van der Waals surface area contributed by atoms with Crippen molar-refractivity contribution in [1.29, 1.82) is 0 Å². The third-order valence-corrected chi connectivity index (χ3v) is 4.00. The first-order valence-electron chi connectivity index (χ1n) is 5.76. The molecular formula is C13H17BrN2O. The average Bonchev–Trinajstić information content (AvgIpc) is 2.27. The molecule has 1 heterocycles. The SMILES string of the molecule is CC1(C)C(=O)N(c2cccc(Br)c2)CCC1N. The van der Waals surface area contributed by atoms with Gasteiger partial charge in [-0.25, -0.2) is 0 Å². The number of halogens is 1. The Balaban J connectivity index is 2.32. The second-order valence-corrected chi connectivity index (χ2v) is 5.97. The van der Waals surface area contributed by atoms with Gasteiger partial charge in [-0.15, -0.1) is 0 Å². The molecule has 1 aromatic carbocycles. The molecule has 0 aliphatic carbocycles. The number of hydrogen-bond donors (Lipinski definition) is 1. The highest BCUT2D eigenvalue weighted by molar-refractivity contribution is 9.10. The number of nitrogens with two attached hydrogens (primary N) is 1. The lowest BCUT2D eigenvalue weighted by Crippen LogP contribution is -2.56. The van der Waals surface area contributed by atoms with Crippen LogP contribution in [0.5, 0.6) is 0 Å². The minimum absolute atomic E-state index is 0.0570. The van der Waals surface area contributed by atoms with Gasteiger partial charge in [-0.2, -0.15) is 0 Å². The molecule has 0 radical (unpaired) electrons. The van der Waals surface area contributed by atoms with Crippen molar-refractivity contribution in [1.82, 2.24) is 0 Å². The number of hydrogen-bond acceptors (Lipinski definition) is 2. The summed E-state index contributed by atoms with van der Waals surface area (Å²) < 4.78 is 0.982. The number of piperidine rings is 1. The Bertz CT molecular complexity index is 445. The smallest absolute Gasteiger partial charge is 0.234 e. The van der Waals surface area contributed by atoms with E-state index in [0.717, 1.165) is 16.6 Å². The van der Waals surface area contributed by atoms with Crippen molar-refractivity contribution in [3.8, 4) is 0 Å². The maximum absolute atomic E-state index is 12.4. The van der Waals surface area contributed by atoms with Crippen molar-refractivity contribution in [2.24, 2.45) is 11.1 Å². The lowest BCUT2D eigenvalue weighted by atomic mass is 9.78. The molecule has 92 valence electrons. The van der Waals surface area contributed by atoms with Gasteiger partial charge in [0.05, 0.1) is 5.41 Å². The van der Waals surface area contributed by atoms with Crippen LogP contribution in [0, 0.1) is 5.41 Å². The molecule has 0 saturated carbocycles. The molecule has 1 aromatic rings. The van der Waals surface area contributed by atoms with E-state index in [1.165, 1.54) is 0 Å². The number of carbonyl (C=O) groups excluding carboxylic acids is 1. The van der Waals surface area contributed by atoms with Gasteiger partial charge in [-0.05, 0) is 38.5 Å². The third-order valence-electron chi connectivity index (χ3n) is 3.51. The van der Waals surface area contributed by atoms with Gasteiger partial charge >= 0.3 is 0 Å². The number of benzene rings is 1. The summed E-state index contributed by atoms with van der Waals surface area (Å²) in [7, 11) is 0. The molecule has 1 aliphatic rings. The van der Waals surface area contributed by atoms with Crippen LogP contribution in [0.25, 0.3) is 0 Å². The predicted molar refractivity (Wildman–Crippen MR) is 72.9 cm³/mol. The van der Waals surface area contributed by atoms with Crippen LogP contribution in [0.4, 0.5) is 5.69 Å². The number of carbonyl (C=O) groups is 1. The number of anilines is 1. The summed E-state index contributed by atoms with van der Waals surface area (Å²) in [5.41, 5.74) is 6.47. The molecule has 2 rings (SSSR count). The Morgan fingerprint density at radius 2 is 2.18 bits per heavy atom. The van der Waals surface area contributed by atoms with E-state index < -0.39 is 5.41 Å². The summed E-state index contributed by atoms with van der Waals surface area (Å²) in [6.07, 6.45) is 0.839. The molecule has 1 unspecified atom stereocenters. The van der Waals surface area contributed by atoms with Crippen LogP contribution in [0.1, 0.15) is 20.3 Å². The van der Waals surface area contributed by atoms with Crippen LogP contribution in [0.15, 0.2) is 28.7 Å². The van der Waals surface area contributed by atoms with Crippen LogP contribution >= 0.6 is 15.9 Å². The zero-order valence-electron chi connectivity index (χ0n) is 10.1. The van der Waals surface area contributed by atoms with E-state index in [4.69, 9.17) is 5.73 Å². The topological polar surface area (TPSA) is 46.3 Å². The van der Waals surface area contributed by atoms with Crippen molar-refractivity contribution in [3.05, 3.63) is 28.7 Å². The third kappa shape index (κ3) is 2.24. The van der Waals surface area contributed by atoms with E-state index in [0.29, 0.717) is 6.54 Å². The van der Waals surface area contributed by atoms with Crippen LogP contribution in [0.2, 0.25) is 0 Å². The quantitative estimate of drug-likeness (QED) is 0.866. The van der Waals surface area contributed by atoms with Gasteiger partial charge in [0.25, 0.3) is 0 Å². The number of amides is 1. The zero-order chi connectivity index (χ0) is 12.6. The van der Waals surface area contributed by atoms with Crippen molar-refractivity contribution >= 4 is 27.5 Å². The summed E-state index contributed by atoms with van der Waals surface area (Å²) in [5.74, 6) is 0.106. The maximum Gasteiger partial charge on any atom is 0.234 e. The first-order chi connectivity index (χ1) is 7.93. The van der Waals surface area contributed by atoms with Gasteiger partial charge < -0.3 is 10.6 Å². The molecule has 0 aromatic heterocycles. The largest absolute Gasteiger partial charge is 0.327 e. The predicted octanol–water partition coefficient (Wildman–Crippen LogP) is 2.54. The van der Waals surface area contributed by atoms with E-state index in [9.17, 15) is 4.79 Å². The highest BCUT2D eigenvalue weighted by atomic mass is 79.9. The Morgan fingerprint density at radius 1 is 1.47 bits per heavy atom. The van der Waals surface area contributed by atoms with Crippen LogP contribution in [-0.2, 0) is 4.79 Å². The van der Waals surface area contributed by atoms with Crippen LogP contribution in [0.3, 0.4) is 0 Å². The summed E-state index contributed by atoms with van der Waals surface area (Å²) in [6.45, 7) is 4.54. The second-order valence-electron chi connectivity index (χ2n) is 5.05. The van der Waals surface area contributed by atoms with Gasteiger partial charge in [0.1, 0.15) is 0 Å². The minimum Gasteiger partial charge on any atom is -0.327 e. The van der Waals surface area contributed by atoms with Crippen LogP contribution in [-0.4, -0.2) is 18.5 Å². The van der Waals surface area contributed by atoms with E-state index in [1.54, 1.807) is 0 Å². The minimum atomic E-state index is -0.486. The molecule has 1 aliphatic heterocycles. The Labute approximate surface area is 110 Å². The fourth-order valence-electron chi connectivity index (χ4n) is 2.13. The van der Waals surface area contributed by atoms with E-state index in [1.807, 2.05) is 43.0 Å². The van der Waals surface area contributed by atoms with Crippen molar-refractivity contribution in [2.75, 3.05) is 11.4 Å². The van der Waals surface area contributed by atoms with E-state index >= 15 is 0 Å². The van der Waals surface area contributed by atoms with Crippen molar-refractivity contribution in [3.63, 3.8) is 0 Å². The molecule has 1 fully saturated rings. The molecule has 2 N–H and O–H groups in total. The highest BCUT2D eigenvalue weighted by Gasteiger charge is 2.41. The lowest BCUT2D eigenvalue weighted by molar-refractivity contribution is -0.129. The summed E-state index contributed by atoms with van der Waals surface area (Å²) in [6, 6.07) is 7.75. The first-order valence-corrected chi connectivity index (χ1v) is 6.55. The maximum atomic E-state index is 12.4. The van der Waals surface area contributed by atoms with Crippen molar-refractivity contribution in [2.45, 2.75) is 26.3 Å². The Kier molecular flexibility index (Phi) is 3.27. The zero-order valence-corrected chi connectivity index (χ0v) is 11.7. The summed E-state index contributed by atoms with van der Waals surface area (Å²) in [5, 5.41) is 0. The summed E-state index contributed by atoms with van der Waals surface area (Å²) in [4.78, 5) is 14.2. The Hall–Kier alpha value is -0.870. The highest BCUT2D eigenvalue weighted by Crippen LogP contribution is 2.33. The van der Waals surface area contributed by atoms with Gasteiger partial charge in [-0.3, -0.25) is 4.79 Å².